The maximum Gasteiger partial charge on any atom is 0.0957 e. The van der Waals surface area contributed by atoms with Crippen LogP contribution >= 0.6 is 0 Å². The number of hydrogen-bond acceptors (Lipinski definition) is 1. The lowest BCUT2D eigenvalue weighted by molar-refractivity contribution is -0.0957. The summed E-state index contributed by atoms with van der Waals surface area (Å²) < 4.78 is 0. The Balaban J connectivity index is 2.13. The molecule has 1 nitrogen and oxygen atoms in total. The van der Waals surface area contributed by atoms with E-state index in [4.69, 9.17) is 0 Å². The van der Waals surface area contributed by atoms with E-state index >= 15 is 0 Å². The SMILES string of the molecule is CC1(C)[C@@H]2CC[C@@]1(C)C(O)(c1ccccc1)C2. The molecule has 2 saturated carbocycles. The summed E-state index contributed by atoms with van der Waals surface area (Å²) in [5, 5.41) is 11.2. The zero-order valence-electron chi connectivity index (χ0n) is 11.0. The van der Waals surface area contributed by atoms with Gasteiger partial charge in [0.15, 0.2) is 0 Å². The molecule has 1 aromatic carbocycles. The quantitative estimate of drug-likeness (QED) is 0.779. The standard InChI is InChI=1S/C16H22O/c1-14(2)13-9-10-15(14,3)16(17,11-13)12-7-5-4-6-8-12/h4-8,13,17H,9-11H2,1-3H3/t13-,15-,16?/m1/s1. The van der Waals surface area contributed by atoms with Crippen molar-refractivity contribution >= 4 is 0 Å². The van der Waals surface area contributed by atoms with E-state index in [9.17, 15) is 5.11 Å². The van der Waals surface area contributed by atoms with Crippen molar-refractivity contribution in [3.8, 4) is 0 Å². The molecule has 92 valence electrons. The van der Waals surface area contributed by atoms with Gasteiger partial charge in [0.05, 0.1) is 5.60 Å². The average Bonchev–Trinajstić information content (AvgIpc) is 2.62. The first-order valence-electron chi connectivity index (χ1n) is 6.70. The number of rotatable bonds is 1. The monoisotopic (exact) mass is 230 g/mol. The maximum absolute atomic E-state index is 11.2. The molecule has 3 rings (SSSR count). The summed E-state index contributed by atoms with van der Waals surface area (Å²) in [5.41, 5.74) is 0.752. The van der Waals surface area contributed by atoms with Crippen LogP contribution in [0, 0.1) is 16.7 Å². The Morgan fingerprint density at radius 2 is 1.76 bits per heavy atom. The minimum absolute atomic E-state index is 0.0199. The molecule has 0 heterocycles. The minimum Gasteiger partial charge on any atom is -0.385 e. The molecule has 0 saturated heterocycles. The van der Waals surface area contributed by atoms with Gasteiger partial charge in [0.25, 0.3) is 0 Å². The zero-order valence-corrected chi connectivity index (χ0v) is 11.0. The fourth-order valence-corrected chi connectivity index (χ4v) is 4.43. The molecule has 1 heteroatoms. The molecule has 0 aliphatic heterocycles. The lowest BCUT2D eigenvalue weighted by Gasteiger charge is -2.45. The van der Waals surface area contributed by atoms with Gasteiger partial charge in [0, 0.05) is 5.41 Å². The van der Waals surface area contributed by atoms with Gasteiger partial charge < -0.3 is 5.11 Å². The highest BCUT2D eigenvalue weighted by Crippen LogP contribution is 2.72. The third kappa shape index (κ3) is 1.14. The molecule has 1 N–H and O–H groups in total. The Bertz CT molecular complexity index is 436. The van der Waals surface area contributed by atoms with Crippen molar-refractivity contribution < 1.29 is 5.11 Å². The van der Waals surface area contributed by atoms with E-state index < -0.39 is 5.60 Å². The van der Waals surface area contributed by atoms with E-state index in [0.29, 0.717) is 5.92 Å². The Kier molecular flexibility index (Phi) is 2.08. The van der Waals surface area contributed by atoms with Gasteiger partial charge in [-0.3, -0.25) is 0 Å². The molecular formula is C16H22O. The van der Waals surface area contributed by atoms with Crippen LogP contribution in [0.3, 0.4) is 0 Å². The number of benzene rings is 1. The zero-order chi connectivity index (χ0) is 12.3. The van der Waals surface area contributed by atoms with Gasteiger partial charge in [0.2, 0.25) is 0 Å². The molecule has 1 unspecified atom stereocenters. The molecule has 2 bridgehead atoms. The number of fused-ring (bicyclic) bond motifs is 2. The van der Waals surface area contributed by atoms with Crippen molar-refractivity contribution in [2.24, 2.45) is 16.7 Å². The second kappa shape index (κ2) is 3.14. The number of hydrogen-bond donors (Lipinski definition) is 1. The maximum atomic E-state index is 11.2. The fraction of sp³-hybridized carbons (Fsp3) is 0.625. The molecule has 0 aromatic heterocycles. The third-order valence-corrected chi connectivity index (χ3v) is 6.14. The smallest absolute Gasteiger partial charge is 0.0957 e. The first-order valence-corrected chi connectivity index (χ1v) is 6.70. The molecular weight excluding hydrogens is 208 g/mol. The fourth-order valence-electron chi connectivity index (χ4n) is 4.43. The van der Waals surface area contributed by atoms with Crippen LogP contribution in [0.15, 0.2) is 30.3 Å². The lowest BCUT2D eigenvalue weighted by atomic mass is 9.62. The van der Waals surface area contributed by atoms with Gasteiger partial charge in [-0.05, 0) is 36.2 Å². The summed E-state index contributed by atoms with van der Waals surface area (Å²) in [6.07, 6.45) is 3.36. The number of aliphatic hydroxyl groups is 1. The summed E-state index contributed by atoms with van der Waals surface area (Å²) in [7, 11) is 0. The molecule has 2 aliphatic rings. The van der Waals surface area contributed by atoms with E-state index in [1.54, 1.807) is 0 Å². The summed E-state index contributed by atoms with van der Waals surface area (Å²) in [4.78, 5) is 0. The first kappa shape index (κ1) is 11.3. The minimum atomic E-state index is -0.624. The molecule has 17 heavy (non-hydrogen) atoms. The van der Waals surface area contributed by atoms with Crippen LogP contribution in [-0.4, -0.2) is 5.11 Å². The van der Waals surface area contributed by atoms with Crippen LogP contribution in [0.1, 0.15) is 45.6 Å². The molecule has 0 radical (unpaired) electrons. The van der Waals surface area contributed by atoms with Crippen molar-refractivity contribution in [1.29, 1.82) is 0 Å². The van der Waals surface area contributed by atoms with E-state index in [-0.39, 0.29) is 10.8 Å². The summed E-state index contributed by atoms with van der Waals surface area (Å²) >= 11 is 0. The summed E-state index contributed by atoms with van der Waals surface area (Å²) in [6, 6.07) is 10.3. The van der Waals surface area contributed by atoms with E-state index in [2.05, 4.69) is 32.9 Å². The van der Waals surface area contributed by atoms with Gasteiger partial charge in [-0.25, -0.2) is 0 Å². The second-order valence-electron chi connectivity index (χ2n) is 6.72. The van der Waals surface area contributed by atoms with Gasteiger partial charge in [0.1, 0.15) is 0 Å². The summed E-state index contributed by atoms with van der Waals surface area (Å²) in [6.45, 7) is 6.96. The Morgan fingerprint density at radius 1 is 1.12 bits per heavy atom. The summed E-state index contributed by atoms with van der Waals surface area (Å²) in [5.74, 6) is 0.665. The average molecular weight is 230 g/mol. The highest BCUT2D eigenvalue weighted by molar-refractivity contribution is 5.31. The van der Waals surface area contributed by atoms with E-state index in [0.717, 1.165) is 18.4 Å². The highest BCUT2D eigenvalue weighted by atomic mass is 16.3. The third-order valence-electron chi connectivity index (χ3n) is 6.14. The van der Waals surface area contributed by atoms with Crippen molar-refractivity contribution in [1.82, 2.24) is 0 Å². The van der Waals surface area contributed by atoms with Gasteiger partial charge in [-0.2, -0.15) is 0 Å². The van der Waals surface area contributed by atoms with Gasteiger partial charge in [-0.1, -0.05) is 51.1 Å². The largest absolute Gasteiger partial charge is 0.385 e. The molecule has 2 aliphatic carbocycles. The van der Waals surface area contributed by atoms with E-state index in [1.165, 1.54) is 6.42 Å². The Labute approximate surface area is 104 Å². The molecule has 2 fully saturated rings. The molecule has 3 atom stereocenters. The second-order valence-corrected chi connectivity index (χ2v) is 6.72. The van der Waals surface area contributed by atoms with Crippen LogP contribution in [0.25, 0.3) is 0 Å². The lowest BCUT2D eigenvalue weighted by Crippen LogP contribution is -2.44. The molecule has 1 aromatic rings. The van der Waals surface area contributed by atoms with Crippen LogP contribution in [0.2, 0.25) is 0 Å². The highest BCUT2D eigenvalue weighted by Gasteiger charge is 2.68. The van der Waals surface area contributed by atoms with Crippen molar-refractivity contribution in [2.75, 3.05) is 0 Å². The Morgan fingerprint density at radius 3 is 2.24 bits per heavy atom. The van der Waals surface area contributed by atoms with Crippen molar-refractivity contribution in [3.63, 3.8) is 0 Å². The van der Waals surface area contributed by atoms with Crippen molar-refractivity contribution in [3.05, 3.63) is 35.9 Å². The van der Waals surface area contributed by atoms with Crippen molar-refractivity contribution in [2.45, 2.75) is 45.6 Å². The van der Waals surface area contributed by atoms with Crippen LogP contribution in [-0.2, 0) is 5.60 Å². The van der Waals surface area contributed by atoms with Gasteiger partial charge in [-0.15, -0.1) is 0 Å². The Hall–Kier alpha value is -0.820. The van der Waals surface area contributed by atoms with Crippen LogP contribution in [0.5, 0.6) is 0 Å². The predicted molar refractivity (Wildman–Crippen MR) is 69.6 cm³/mol. The molecule has 0 amide bonds. The predicted octanol–water partition coefficient (Wildman–Crippen LogP) is 3.72. The molecule has 0 spiro atoms. The first-order chi connectivity index (χ1) is 7.92. The van der Waals surface area contributed by atoms with E-state index in [1.807, 2.05) is 18.2 Å². The van der Waals surface area contributed by atoms with Gasteiger partial charge >= 0.3 is 0 Å². The van der Waals surface area contributed by atoms with Crippen LogP contribution < -0.4 is 0 Å². The topological polar surface area (TPSA) is 20.2 Å². The normalized spacial score (nSPS) is 42.9. The van der Waals surface area contributed by atoms with Crippen LogP contribution in [0.4, 0.5) is 0 Å².